The average Bonchev–Trinajstić information content (AvgIpc) is 2.88. The van der Waals surface area contributed by atoms with E-state index in [9.17, 15) is 0 Å². The number of rotatable bonds is 4. The summed E-state index contributed by atoms with van der Waals surface area (Å²) in [5.74, 6) is 3.82. The van der Waals surface area contributed by atoms with Crippen LogP contribution in [0.25, 0.3) is 0 Å². The van der Waals surface area contributed by atoms with Gasteiger partial charge in [-0.2, -0.15) is 0 Å². The lowest BCUT2D eigenvalue weighted by Crippen LogP contribution is -2.51. The number of amidine groups is 2. The highest BCUT2D eigenvalue weighted by atomic mass is 15.4. The van der Waals surface area contributed by atoms with Gasteiger partial charge in [-0.25, -0.2) is 0 Å². The molecule has 4 heteroatoms. The van der Waals surface area contributed by atoms with Crippen LogP contribution in [0, 0.1) is 11.8 Å². The molecule has 3 aliphatic rings. The molecule has 0 aromatic heterocycles. The monoisotopic (exact) mass is 276 g/mol. The molecule has 3 aliphatic heterocycles. The minimum absolute atomic E-state index is 0.483. The van der Waals surface area contributed by atoms with Crippen molar-refractivity contribution in [2.24, 2.45) is 21.8 Å². The highest BCUT2D eigenvalue weighted by Gasteiger charge is 2.38. The van der Waals surface area contributed by atoms with Crippen molar-refractivity contribution >= 4 is 11.7 Å². The second kappa shape index (κ2) is 5.38. The number of fused-ring (bicyclic) bond motifs is 3. The van der Waals surface area contributed by atoms with Gasteiger partial charge in [-0.15, -0.1) is 0 Å². The summed E-state index contributed by atoms with van der Waals surface area (Å²) in [6.45, 7) is 13.6. The highest BCUT2D eigenvalue weighted by molar-refractivity contribution is 6.41. The van der Waals surface area contributed by atoms with Crippen molar-refractivity contribution in [2.45, 2.75) is 52.6 Å². The third-order valence-electron chi connectivity index (χ3n) is 4.40. The van der Waals surface area contributed by atoms with Gasteiger partial charge in [0.05, 0.1) is 12.1 Å². The lowest BCUT2D eigenvalue weighted by atomic mass is 10.0. The summed E-state index contributed by atoms with van der Waals surface area (Å²) in [6, 6.07) is 0.966. The first kappa shape index (κ1) is 13.9. The van der Waals surface area contributed by atoms with Crippen LogP contribution in [0.4, 0.5) is 0 Å². The van der Waals surface area contributed by atoms with E-state index < -0.39 is 0 Å². The summed E-state index contributed by atoms with van der Waals surface area (Å²) in [4.78, 5) is 14.9. The summed E-state index contributed by atoms with van der Waals surface area (Å²) in [5.41, 5.74) is 0. The van der Waals surface area contributed by atoms with Crippen molar-refractivity contribution in [2.75, 3.05) is 26.2 Å². The first-order chi connectivity index (χ1) is 9.52. The maximum Gasteiger partial charge on any atom is 0.167 e. The summed E-state index contributed by atoms with van der Waals surface area (Å²) < 4.78 is 0. The number of piperazine rings is 1. The number of hydrogen-bond acceptors (Lipinski definition) is 4. The van der Waals surface area contributed by atoms with Gasteiger partial charge in [-0.3, -0.25) is 9.98 Å². The minimum Gasteiger partial charge on any atom is -0.350 e. The Morgan fingerprint density at radius 2 is 1.25 bits per heavy atom. The van der Waals surface area contributed by atoms with E-state index in [4.69, 9.17) is 9.98 Å². The van der Waals surface area contributed by atoms with Gasteiger partial charge in [0, 0.05) is 26.2 Å². The second-order valence-electron chi connectivity index (χ2n) is 7.36. The fraction of sp³-hybridized carbons (Fsp3) is 0.875. The van der Waals surface area contributed by atoms with Gasteiger partial charge < -0.3 is 9.80 Å². The van der Waals surface area contributed by atoms with E-state index >= 15 is 0 Å². The molecule has 0 radical (unpaired) electrons. The van der Waals surface area contributed by atoms with Crippen LogP contribution in [-0.4, -0.2) is 59.7 Å². The van der Waals surface area contributed by atoms with Crippen molar-refractivity contribution in [3.05, 3.63) is 0 Å². The summed E-state index contributed by atoms with van der Waals surface area (Å²) in [5, 5.41) is 0. The van der Waals surface area contributed by atoms with Crippen molar-refractivity contribution in [1.82, 2.24) is 9.80 Å². The van der Waals surface area contributed by atoms with E-state index in [1.54, 1.807) is 0 Å². The predicted octanol–water partition coefficient (Wildman–Crippen LogP) is 2.26. The molecule has 0 saturated carbocycles. The molecule has 0 bridgehead atoms. The van der Waals surface area contributed by atoms with Crippen LogP contribution < -0.4 is 0 Å². The minimum atomic E-state index is 0.483. The molecule has 3 rings (SSSR count). The Bertz CT molecular complexity index is 384. The predicted molar refractivity (Wildman–Crippen MR) is 84.5 cm³/mol. The van der Waals surface area contributed by atoms with Crippen molar-refractivity contribution in [3.63, 3.8) is 0 Å². The molecule has 20 heavy (non-hydrogen) atoms. The van der Waals surface area contributed by atoms with E-state index in [1.807, 2.05) is 0 Å². The van der Waals surface area contributed by atoms with E-state index in [2.05, 4.69) is 37.5 Å². The van der Waals surface area contributed by atoms with Gasteiger partial charge in [0.1, 0.15) is 0 Å². The average molecular weight is 276 g/mol. The molecule has 112 valence electrons. The van der Waals surface area contributed by atoms with Crippen molar-refractivity contribution in [3.8, 4) is 0 Å². The molecule has 0 aromatic rings. The third kappa shape index (κ3) is 2.70. The molecule has 1 fully saturated rings. The van der Waals surface area contributed by atoms with Gasteiger partial charge in [0.15, 0.2) is 11.7 Å². The molecule has 0 spiro atoms. The standard InChI is InChI=1S/C16H28N4/c1-11(2)7-13-9-19-5-6-20-10-14(8-12(3)4)18-16(20)15(19)17-13/h11-14H,5-10H2,1-4H3/t13-,14-/m0/s1. The molecule has 0 aliphatic carbocycles. The molecule has 0 N–H and O–H groups in total. The van der Waals surface area contributed by atoms with Crippen LogP contribution in [0.5, 0.6) is 0 Å². The third-order valence-corrected chi connectivity index (χ3v) is 4.40. The highest BCUT2D eigenvalue weighted by Crippen LogP contribution is 2.25. The molecule has 2 atom stereocenters. The number of aliphatic imine (C=N–C) groups is 2. The van der Waals surface area contributed by atoms with Gasteiger partial charge >= 0.3 is 0 Å². The Labute approximate surface area is 123 Å². The lowest BCUT2D eigenvalue weighted by Gasteiger charge is -2.33. The Morgan fingerprint density at radius 3 is 1.60 bits per heavy atom. The summed E-state index contributed by atoms with van der Waals surface area (Å²) in [7, 11) is 0. The fourth-order valence-corrected chi connectivity index (χ4v) is 3.65. The fourth-order valence-electron chi connectivity index (χ4n) is 3.65. The van der Waals surface area contributed by atoms with Gasteiger partial charge in [0.2, 0.25) is 0 Å². The van der Waals surface area contributed by atoms with Gasteiger partial charge in [-0.05, 0) is 24.7 Å². The Balaban J connectivity index is 1.75. The van der Waals surface area contributed by atoms with Crippen LogP contribution in [-0.2, 0) is 0 Å². The van der Waals surface area contributed by atoms with Crippen LogP contribution >= 0.6 is 0 Å². The molecule has 0 aromatic carbocycles. The van der Waals surface area contributed by atoms with Crippen LogP contribution in [0.1, 0.15) is 40.5 Å². The van der Waals surface area contributed by atoms with Crippen molar-refractivity contribution < 1.29 is 0 Å². The summed E-state index contributed by atoms with van der Waals surface area (Å²) in [6.07, 6.45) is 2.39. The molecular formula is C16H28N4. The first-order valence-electron chi connectivity index (χ1n) is 8.18. The van der Waals surface area contributed by atoms with E-state index in [-0.39, 0.29) is 0 Å². The molecule has 1 saturated heterocycles. The van der Waals surface area contributed by atoms with Crippen molar-refractivity contribution in [1.29, 1.82) is 0 Å². The Morgan fingerprint density at radius 1 is 0.850 bits per heavy atom. The maximum absolute atomic E-state index is 4.98. The number of hydrogen-bond donors (Lipinski definition) is 0. The van der Waals surface area contributed by atoms with Gasteiger partial charge in [-0.1, -0.05) is 27.7 Å². The maximum atomic E-state index is 4.98. The second-order valence-corrected chi connectivity index (χ2v) is 7.36. The van der Waals surface area contributed by atoms with Crippen LogP contribution in [0.3, 0.4) is 0 Å². The molecule has 4 nitrogen and oxygen atoms in total. The Kier molecular flexibility index (Phi) is 3.74. The van der Waals surface area contributed by atoms with E-state index in [1.165, 1.54) is 24.5 Å². The Hall–Kier alpha value is -1.06. The zero-order valence-electron chi connectivity index (χ0n) is 13.3. The first-order valence-corrected chi connectivity index (χ1v) is 8.18. The van der Waals surface area contributed by atoms with E-state index in [0.29, 0.717) is 12.1 Å². The van der Waals surface area contributed by atoms with Crippen LogP contribution in [0.2, 0.25) is 0 Å². The largest absolute Gasteiger partial charge is 0.350 e. The zero-order valence-corrected chi connectivity index (χ0v) is 13.3. The summed E-state index contributed by atoms with van der Waals surface area (Å²) >= 11 is 0. The zero-order chi connectivity index (χ0) is 14.3. The number of nitrogens with zero attached hydrogens (tertiary/aromatic N) is 4. The van der Waals surface area contributed by atoms with Gasteiger partial charge in [0.25, 0.3) is 0 Å². The molecule has 0 unspecified atom stereocenters. The smallest absolute Gasteiger partial charge is 0.167 e. The molecular weight excluding hydrogens is 248 g/mol. The van der Waals surface area contributed by atoms with E-state index in [0.717, 1.165) is 38.0 Å². The quantitative estimate of drug-likeness (QED) is 0.788. The molecule has 3 heterocycles. The topological polar surface area (TPSA) is 31.2 Å². The normalized spacial score (nSPS) is 28.9. The SMILES string of the molecule is CC(C)C[C@H]1CN2CCN3C[C@H](CC(C)C)N=C3C2=N1. The lowest BCUT2D eigenvalue weighted by molar-refractivity contribution is 0.316. The van der Waals surface area contributed by atoms with Crippen LogP contribution in [0.15, 0.2) is 9.98 Å². The molecule has 0 amide bonds.